The normalized spacial score (nSPS) is 11.2. The molecule has 154 valence electrons. The van der Waals surface area contributed by atoms with Crippen LogP contribution in [0, 0.1) is 13.8 Å². The zero-order chi connectivity index (χ0) is 21.2. The molecule has 0 fully saturated rings. The van der Waals surface area contributed by atoms with Crippen molar-refractivity contribution < 1.29 is 13.9 Å². The average molecular weight is 408 g/mol. The number of hydrogen-bond acceptors (Lipinski definition) is 3. The minimum Gasteiger partial charge on any atom is -0.485 e. The van der Waals surface area contributed by atoms with Crippen molar-refractivity contribution in [3.63, 3.8) is 0 Å². The zero-order valence-corrected chi connectivity index (χ0v) is 17.7. The van der Waals surface area contributed by atoms with Crippen LogP contribution in [-0.2, 0) is 13.2 Å². The lowest BCUT2D eigenvalue weighted by Crippen LogP contribution is -2.00. The van der Waals surface area contributed by atoms with Gasteiger partial charge in [0.15, 0.2) is 11.5 Å². The standard InChI is InChI=1S/C28H24O3/c1-19-13-23-24-15-27(29-17-21-9-5-3-6-10-21)28(30-18-22-11-7-4-8-12-22)16-26(24)31-25(23)14-20(19)2/h3-16H,17-18H2,1-2H3. The summed E-state index contributed by atoms with van der Waals surface area (Å²) in [6.07, 6.45) is 0. The van der Waals surface area contributed by atoms with Crippen molar-refractivity contribution in [2.75, 3.05) is 0 Å². The summed E-state index contributed by atoms with van der Waals surface area (Å²) in [5, 5.41) is 2.13. The molecule has 0 radical (unpaired) electrons. The van der Waals surface area contributed by atoms with Gasteiger partial charge in [-0.05, 0) is 54.3 Å². The van der Waals surface area contributed by atoms with Crippen LogP contribution in [0.15, 0.2) is 89.3 Å². The molecular formula is C28H24O3. The first-order valence-corrected chi connectivity index (χ1v) is 10.5. The third-order valence-electron chi connectivity index (χ3n) is 5.63. The van der Waals surface area contributed by atoms with Crippen LogP contribution in [-0.4, -0.2) is 0 Å². The van der Waals surface area contributed by atoms with Gasteiger partial charge in [-0.3, -0.25) is 0 Å². The van der Waals surface area contributed by atoms with Crippen molar-refractivity contribution in [1.29, 1.82) is 0 Å². The van der Waals surface area contributed by atoms with Gasteiger partial charge in [0.05, 0.1) is 0 Å². The Morgan fingerprint density at radius 2 is 1.06 bits per heavy atom. The molecule has 3 heteroatoms. The fourth-order valence-corrected chi connectivity index (χ4v) is 3.74. The summed E-state index contributed by atoms with van der Waals surface area (Å²) < 4.78 is 18.6. The highest BCUT2D eigenvalue weighted by atomic mass is 16.5. The van der Waals surface area contributed by atoms with Gasteiger partial charge in [-0.1, -0.05) is 60.7 Å². The number of hydrogen-bond donors (Lipinski definition) is 0. The molecule has 1 heterocycles. The van der Waals surface area contributed by atoms with E-state index in [4.69, 9.17) is 13.9 Å². The van der Waals surface area contributed by atoms with E-state index in [0.717, 1.165) is 33.1 Å². The van der Waals surface area contributed by atoms with Crippen molar-refractivity contribution in [1.82, 2.24) is 0 Å². The highest BCUT2D eigenvalue weighted by Gasteiger charge is 2.15. The maximum Gasteiger partial charge on any atom is 0.165 e. The van der Waals surface area contributed by atoms with Gasteiger partial charge in [0.25, 0.3) is 0 Å². The van der Waals surface area contributed by atoms with Gasteiger partial charge < -0.3 is 13.9 Å². The van der Waals surface area contributed by atoms with Gasteiger partial charge >= 0.3 is 0 Å². The van der Waals surface area contributed by atoms with E-state index in [0.29, 0.717) is 24.7 Å². The Labute approximate surface area is 181 Å². The first kappa shape index (κ1) is 19.3. The summed E-state index contributed by atoms with van der Waals surface area (Å²) in [4.78, 5) is 0. The molecule has 0 N–H and O–H groups in total. The SMILES string of the molecule is Cc1cc2oc3cc(OCc4ccccc4)c(OCc4ccccc4)cc3c2cc1C. The van der Waals surface area contributed by atoms with Crippen LogP contribution in [0.2, 0.25) is 0 Å². The van der Waals surface area contributed by atoms with Crippen molar-refractivity contribution >= 4 is 21.9 Å². The lowest BCUT2D eigenvalue weighted by molar-refractivity contribution is 0.256. The van der Waals surface area contributed by atoms with Crippen LogP contribution >= 0.6 is 0 Å². The van der Waals surface area contributed by atoms with E-state index >= 15 is 0 Å². The third-order valence-corrected chi connectivity index (χ3v) is 5.63. The van der Waals surface area contributed by atoms with Crippen LogP contribution < -0.4 is 9.47 Å². The second kappa shape index (κ2) is 8.19. The molecule has 0 aliphatic rings. The second-order valence-corrected chi connectivity index (χ2v) is 7.88. The van der Waals surface area contributed by atoms with Crippen molar-refractivity contribution in [2.45, 2.75) is 27.1 Å². The summed E-state index contributed by atoms with van der Waals surface area (Å²) in [6.45, 7) is 5.16. The van der Waals surface area contributed by atoms with Crippen LogP contribution in [0.4, 0.5) is 0 Å². The molecule has 0 saturated carbocycles. The Morgan fingerprint density at radius 3 is 1.68 bits per heavy atom. The Morgan fingerprint density at radius 1 is 0.581 bits per heavy atom. The van der Waals surface area contributed by atoms with Crippen LogP contribution in [0.3, 0.4) is 0 Å². The van der Waals surface area contributed by atoms with Crippen LogP contribution in [0.5, 0.6) is 11.5 Å². The third kappa shape index (κ3) is 3.99. The van der Waals surface area contributed by atoms with Gasteiger partial charge in [0.1, 0.15) is 24.4 Å². The molecule has 0 spiro atoms. The molecule has 5 aromatic rings. The second-order valence-electron chi connectivity index (χ2n) is 7.88. The molecule has 0 saturated heterocycles. The van der Waals surface area contributed by atoms with E-state index in [9.17, 15) is 0 Å². The molecule has 31 heavy (non-hydrogen) atoms. The number of ether oxygens (including phenoxy) is 2. The number of fused-ring (bicyclic) bond motifs is 3. The number of furan rings is 1. The van der Waals surface area contributed by atoms with Gasteiger partial charge in [0.2, 0.25) is 0 Å². The Kier molecular flexibility index (Phi) is 5.09. The lowest BCUT2D eigenvalue weighted by Gasteiger charge is -2.13. The molecule has 0 unspecified atom stereocenters. The van der Waals surface area contributed by atoms with E-state index in [-0.39, 0.29) is 0 Å². The molecule has 0 atom stereocenters. The van der Waals surface area contributed by atoms with Crippen molar-refractivity contribution in [2.24, 2.45) is 0 Å². The topological polar surface area (TPSA) is 31.6 Å². The van der Waals surface area contributed by atoms with E-state index in [1.807, 2.05) is 48.5 Å². The monoisotopic (exact) mass is 408 g/mol. The zero-order valence-electron chi connectivity index (χ0n) is 17.7. The smallest absolute Gasteiger partial charge is 0.165 e. The van der Waals surface area contributed by atoms with Crippen LogP contribution in [0.1, 0.15) is 22.3 Å². The molecule has 5 rings (SSSR count). The molecule has 0 aliphatic carbocycles. The highest BCUT2D eigenvalue weighted by molar-refractivity contribution is 6.06. The van der Waals surface area contributed by atoms with Gasteiger partial charge in [-0.15, -0.1) is 0 Å². The summed E-state index contributed by atoms with van der Waals surface area (Å²) in [6, 6.07) is 28.6. The maximum absolute atomic E-state index is 6.23. The van der Waals surface area contributed by atoms with Gasteiger partial charge in [-0.25, -0.2) is 0 Å². The summed E-state index contributed by atoms with van der Waals surface area (Å²) in [5.74, 6) is 1.40. The summed E-state index contributed by atoms with van der Waals surface area (Å²) in [5.41, 5.74) is 6.36. The molecule has 0 aliphatic heterocycles. The van der Waals surface area contributed by atoms with Crippen molar-refractivity contribution in [3.05, 3.63) is 107 Å². The number of aryl methyl sites for hydroxylation is 2. The van der Waals surface area contributed by atoms with E-state index in [1.165, 1.54) is 11.1 Å². The first-order valence-electron chi connectivity index (χ1n) is 10.5. The fourth-order valence-electron chi connectivity index (χ4n) is 3.74. The molecule has 4 aromatic carbocycles. The summed E-state index contributed by atoms with van der Waals surface area (Å²) >= 11 is 0. The minimum absolute atomic E-state index is 0.465. The van der Waals surface area contributed by atoms with Gasteiger partial charge in [-0.2, -0.15) is 0 Å². The predicted octanol–water partition coefficient (Wildman–Crippen LogP) is 7.36. The number of rotatable bonds is 6. The van der Waals surface area contributed by atoms with E-state index in [1.54, 1.807) is 0 Å². The van der Waals surface area contributed by atoms with E-state index in [2.05, 4.69) is 50.2 Å². The number of benzene rings is 4. The first-order chi connectivity index (χ1) is 15.2. The maximum atomic E-state index is 6.23. The Hall–Kier alpha value is -3.72. The fraction of sp³-hybridized carbons (Fsp3) is 0.143. The Balaban J connectivity index is 1.55. The molecule has 1 aromatic heterocycles. The molecule has 0 amide bonds. The summed E-state index contributed by atoms with van der Waals surface area (Å²) in [7, 11) is 0. The van der Waals surface area contributed by atoms with Crippen molar-refractivity contribution in [3.8, 4) is 11.5 Å². The molecule has 0 bridgehead atoms. The Bertz CT molecular complexity index is 1340. The quantitative estimate of drug-likeness (QED) is 0.294. The van der Waals surface area contributed by atoms with Gasteiger partial charge in [0, 0.05) is 16.8 Å². The minimum atomic E-state index is 0.465. The highest BCUT2D eigenvalue weighted by Crippen LogP contribution is 2.39. The molecular weight excluding hydrogens is 384 g/mol. The van der Waals surface area contributed by atoms with Crippen LogP contribution in [0.25, 0.3) is 21.9 Å². The van der Waals surface area contributed by atoms with E-state index < -0.39 is 0 Å². The average Bonchev–Trinajstić information content (AvgIpc) is 3.13. The molecule has 3 nitrogen and oxygen atoms in total. The largest absolute Gasteiger partial charge is 0.485 e. The predicted molar refractivity (Wildman–Crippen MR) is 125 cm³/mol. The lowest BCUT2D eigenvalue weighted by atomic mass is 10.1.